The van der Waals surface area contributed by atoms with Crippen LogP contribution in [0.25, 0.3) is 0 Å². The van der Waals surface area contributed by atoms with E-state index in [4.69, 9.17) is 0 Å². The summed E-state index contributed by atoms with van der Waals surface area (Å²) in [6.07, 6.45) is 1.25. The Hall–Kier alpha value is -0.970. The van der Waals surface area contributed by atoms with Gasteiger partial charge in [0.2, 0.25) is 5.91 Å². The first-order valence-corrected chi connectivity index (χ1v) is 4.18. The maximum absolute atomic E-state index is 11.4. The molecular weight excluding hydrogens is 158 g/mol. The molecule has 0 atom stereocenters. The van der Waals surface area contributed by atoms with E-state index in [9.17, 15) is 9.70 Å². The van der Waals surface area contributed by atoms with E-state index in [0.29, 0.717) is 32.6 Å². The second kappa shape index (κ2) is 2.52. The van der Waals surface area contributed by atoms with Crippen molar-refractivity contribution in [1.82, 2.24) is 10.6 Å². The van der Waals surface area contributed by atoms with Crippen LogP contribution < -0.4 is 10.6 Å². The van der Waals surface area contributed by atoms with Crippen molar-refractivity contribution in [2.24, 2.45) is 0 Å². The molecule has 2 rings (SSSR count). The first kappa shape index (κ1) is 7.67. The van der Waals surface area contributed by atoms with Crippen LogP contribution in [-0.4, -0.2) is 36.0 Å². The van der Waals surface area contributed by atoms with Crippen molar-refractivity contribution in [3.63, 3.8) is 0 Å². The van der Waals surface area contributed by atoms with Crippen LogP contribution in [0.4, 0.5) is 0 Å². The van der Waals surface area contributed by atoms with Gasteiger partial charge in [-0.1, -0.05) is 0 Å². The number of carbonyl (C=O) groups excluding carboxylic acids is 1. The first-order chi connectivity index (χ1) is 5.73. The third-order valence-corrected chi connectivity index (χ3v) is 2.69. The SMILES string of the molecule is O=C1NCNC12CC[N+](=O)CC2. The van der Waals surface area contributed by atoms with Gasteiger partial charge in [0.1, 0.15) is 5.54 Å². The van der Waals surface area contributed by atoms with Gasteiger partial charge in [0, 0.05) is 17.7 Å². The molecule has 2 N–H and O–H groups in total. The van der Waals surface area contributed by atoms with Gasteiger partial charge in [-0.25, -0.2) is 0 Å². The van der Waals surface area contributed by atoms with Gasteiger partial charge in [0.25, 0.3) is 0 Å². The van der Waals surface area contributed by atoms with Crippen molar-refractivity contribution >= 4 is 5.91 Å². The maximum Gasteiger partial charge on any atom is 0.241 e. The highest BCUT2D eigenvalue weighted by Crippen LogP contribution is 2.22. The average molecular weight is 170 g/mol. The highest BCUT2D eigenvalue weighted by Gasteiger charge is 2.47. The second-order valence-corrected chi connectivity index (χ2v) is 3.37. The lowest BCUT2D eigenvalue weighted by Crippen LogP contribution is -2.52. The molecule has 0 radical (unpaired) electrons. The van der Waals surface area contributed by atoms with Crippen LogP contribution in [0.5, 0.6) is 0 Å². The van der Waals surface area contributed by atoms with Crippen LogP contribution >= 0.6 is 0 Å². The molecule has 0 aromatic heterocycles. The molecule has 0 aliphatic carbocycles. The summed E-state index contributed by atoms with van der Waals surface area (Å²) in [5.41, 5.74) is -0.430. The minimum Gasteiger partial charge on any atom is -0.342 e. The van der Waals surface area contributed by atoms with E-state index in [0.717, 1.165) is 4.76 Å². The molecule has 12 heavy (non-hydrogen) atoms. The van der Waals surface area contributed by atoms with Gasteiger partial charge in [-0.2, -0.15) is 0 Å². The van der Waals surface area contributed by atoms with Gasteiger partial charge >= 0.3 is 0 Å². The number of piperidine rings is 1. The standard InChI is InChI=1S/C7H11N3O2/c11-6-7(9-5-8-6)1-3-10(12)4-2-7/h9H,1-5H2/p+1. The molecule has 2 fully saturated rings. The number of nitrogens with one attached hydrogen (secondary N) is 2. The van der Waals surface area contributed by atoms with E-state index in [-0.39, 0.29) is 5.91 Å². The Balaban J connectivity index is 2.12. The zero-order chi connectivity index (χ0) is 8.60. The van der Waals surface area contributed by atoms with Gasteiger partial charge in [-0.05, 0) is 4.76 Å². The number of amides is 1. The monoisotopic (exact) mass is 170 g/mol. The summed E-state index contributed by atoms with van der Waals surface area (Å²) in [5, 5.41) is 5.84. The van der Waals surface area contributed by atoms with Gasteiger partial charge < -0.3 is 5.32 Å². The zero-order valence-electron chi connectivity index (χ0n) is 6.80. The fraction of sp³-hybridized carbons (Fsp3) is 0.857. The summed E-state index contributed by atoms with van der Waals surface area (Å²) in [7, 11) is 0. The fourth-order valence-corrected chi connectivity index (χ4v) is 1.81. The average Bonchev–Trinajstić information content (AvgIpc) is 2.41. The van der Waals surface area contributed by atoms with Gasteiger partial charge in [0.05, 0.1) is 6.67 Å². The predicted molar refractivity (Wildman–Crippen MR) is 41.5 cm³/mol. The molecule has 0 unspecified atom stereocenters. The highest BCUT2D eigenvalue weighted by molar-refractivity contribution is 5.88. The van der Waals surface area contributed by atoms with E-state index < -0.39 is 5.54 Å². The van der Waals surface area contributed by atoms with Crippen molar-refractivity contribution in [2.75, 3.05) is 19.8 Å². The molecule has 0 aromatic carbocycles. The lowest BCUT2D eigenvalue weighted by atomic mass is 9.89. The van der Waals surface area contributed by atoms with Crippen LogP contribution in [0.15, 0.2) is 0 Å². The number of nitrogens with zero attached hydrogens (tertiary/aromatic N) is 1. The molecule has 0 bridgehead atoms. The number of hydrogen-bond acceptors (Lipinski definition) is 3. The normalized spacial score (nSPS) is 27.7. The van der Waals surface area contributed by atoms with E-state index >= 15 is 0 Å². The van der Waals surface area contributed by atoms with E-state index in [2.05, 4.69) is 10.6 Å². The topological polar surface area (TPSA) is 61.2 Å². The number of carbonyl (C=O) groups is 1. The molecular formula is C7H12N3O2+. The lowest BCUT2D eigenvalue weighted by molar-refractivity contribution is -0.560. The fourth-order valence-electron chi connectivity index (χ4n) is 1.81. The van der Waals surface area contributed by atoms with Crippen LogP contribution in [-0.2, 0) is 4.79 Å². The van der Waals surface area contributed by atoms with Crippen molar-refractivity contribution < 1.29 is 9.55 Å². The third-order valence-electron chi connectivity index (χ3n) is 2.69. The predicted octanol–water partition coefficient (Wildman–Crippen LogP) is -1.03. The van der Waals surface area contributed by atoms with Gasteiger partial charge in [0.15, 0.2) is 13.1 Å². The summed E-state index contributed by atoms with van der Waals surface area (Å²) < 4.78 is 1.01. The van der Waals surface area contributed by atoms with E-state index in [1.54, 1.807) is 0 Å². The summed E-state index contributed by atoms with van der Waals surface area (Å²) in [5.74, 6) is 0.0515. The Bertz CT molecular complexity index is 229. The molecule has 1 amide bonds. The van der Waals surface area contributed by atoms with Gasteiger partial charge in [-0.15, -0.1) is 0 Å². The number of hydrogen-bond donors (Lipinski definition) is 2. The molecule has 5 nitrogen and oxygen atoms in total. The highest BCUT2D eigenvalue weighted by atomic mass is 16.3. The van der Waals surface area contributed by atoms with Crippen molar-refractivity contribution in [2.45, 2.75) is 18.4 Å². The largest absolute Gasteiger partial charge is 0.342 e. The summed E-state index contributed by atoms with van der Waals surface area (Å²) in [4.78, 5) is 22.2. The maximum atomic E-state index is 11.4. The molecule has 0 aromatic rings. The minimum atomic E-state index is -0.430. The van der Waals surface area contributed by atoms with Crippen molar-refractivity contribution in [1.29, 1.82) is 0 Å². The van der Waals surface area contributed by atoms with Crippen LogP contribution in [0.3, 0.4) is 0 Å². The molecule has 2 heterocycles. The van der Waals surface area contributed by atoms with Crippen LogP contribution in [0, 0.1) is 4.91 Å². The molecule has 2 saturated heterocycles. The van der Waals surface area contributed by atoms with Crippen molar-refractivity contribution in [3.05, 3.63) is 4.91 Å². The quantitative estimate of drug-likeness (QED) is 0.457. The van der Waals surface area contributed by atoms with Crippen LogP contribution in [0.2, 0.25) is 0 Å². The van der Waals surface area contributed by atoms with Crippen LogP contribution in [0.1, 0.15) is 12.8 Å². The summed E-state index contributed by atoms with van der Waals surface area (Å²) in [6, 6.07) is 0. The Morgan fingerprint density at radius 3 is 2.50 bits per heavy atom. The minimum absolute atomic E-state index is 0.0515. The Morgan fingerprint density at radius 1 is 1.33 bits per heavy atom. The van der Waals surface area contributed by atoms with E-state index in [1.807, 2.05) is 0 Å². The summed E-state index contributed by atoms with van der Waals surface area (Å²) in [6.45, 7) is 1.46. The molecule has 0 saturated carbocycles. The smallest absolute Gasteiger partial charge is 0.241 e. The number of rotatable bonds is 0. The summed E-state index contributed by atoms with van der Waals surface area (Å²) >= 11 is 0. The molecule has 66 valence electrons. The second-order valence-electron chi connectivity index (χ2n) is 3.37. The number of nitroso groups, excluding NO2 is 1. The Morgan fingerprint density at radius 2 is 2.00 bits per heavy atom. The van der Waals surface area contributed by atoms with Gasteiger partial charge in [-0.3, -0.25) is 10.1 Å². The third kappa shape index (κ3) is 1.01. The van der Waals surface area contributed by atoms with E-state index in [1.165, 1.54) is 0 Å². The molecule has 2 aliphatic heterocycles. The Labute approximate surface area is 70.1 Å². The molecule has 5 heteroatoms. The molecule has 1 spiro atoms. The lowest BCUT2D eigenvalue weighted by Gasteiger charge is -2.25. The molecule has 2 aliphatic rings. The zero-order valence-corrected chi connectivity index (χ0v) is 6.80. The van der Waals surface area contributed by atoms with Crippen molar-refractivity contribution in [3.8, 4) is 0 Å². The first-order valence-electron chi connectivity index (χ1n) is 4.18. The Kier molecular flexibility index (Phi) is 1.61.